The van der Waals surface area contributed by atoms with Crippen molar-refractivity contribution in [1.82, 2.24) is 0 Å². The van der Waals surface area contributed by atoms with E-state index in [0.717, 1.165) is 38.5 Å². The van der Waals surface area contributed by atoms with Crippen LogP contribution in [0, 0.1) is 28.6 Å². The molecule has 1 N–H and O–H groups in total. The molecule has 198 valence electrons. The predicted molar refractivity (Wildman–Crippen MR) is 136 cm³/mol. The Bertz CT molecular complexity index is 926. The highest BCUT2D eigenvalue weighted by molar-refractivity contribution is 7.53. The zero-order chi connectivity index (χ0) is 25.8. The molecule has 6 atom stereocenters. The molecule has 0 aromatic rings. The minimum Gasteiger partial charge on any atom is -0.381 e. The first-order chi connectivity index (χ1) is 16.2. The summed E-state index contributed by atoms with van der Waals surface area (Å²) in [5.41, 5.74) is -0.482. The Kier molecular flexibility index (Phi) is 7.39. The fourth-order valence-electron chi connectivity index (χ4n) is 8.25. The molecule has 0 unspecified atom stereocenters. The fourth-order valence-corrected chi connectivity index (χ4v) is 10.3. The standard InChI is InChI=1S/C28H45O6P/c1-18(2)33-35(32,34-19(3)4)16-12-25(30)28(31)15-11-24-22-8-7-20-17-21(29)9-13-26(20,5)23(22)10-14-27(24,28)6/h17-19,22-24,31H,7-16H2,1-6H3/t22-,23+,24+,26+,27+,28+/m1/s1. The predicted octanol–water partition coefficient (Wildman–Crippen LogP) is 6.25. The number of carbonyl (C=O) groups excluding carboxylic acids is 2. The Hall–Kier alpha value is -0.810. The summed E-state index contributed by atoms with van der Waals surface area (Å²) in [5, 5.41) is 11.9. The second-order valence-electron chi connectivity index (χ2n) is 12.6. The van der Waals surface area contributed by atoms with Crippen molar-refractivity contribution in [1.29, 1.82) is 0 Å². The minimum atomic E-state index is -3.43. The second kappa shape index (κ2) is 9.49. The van der Waals surface area contributed by atoms with Gasteiger partial charge in [-0.3, -0.25) is 14.2 Å². The molecule has 0 bridgehead atoms. The zero-order valence-corrected chi connectivity index (χ0v) is 23.4. The van der Waals surface area contributed by atoms with Crippen LogP contribution in [0.25, 0.3) is 0 Å². The van der Waals surface area contributed by atoms with Crippen molar-refractivity contribution < 1.29 is 28.3 Å². The molecule has 0 amide bonds. The fraction of sp³-hybridized carbons (Fsp3) is 0.857. The summed E-state index contributed by atoms with van der Waals surface area (Å²) in [5.74, 6) is 1.30. The number of Topliss-reactive ketones (excluding diaryl/α,β-unsaturated/α-hetero) is 1. The van der Waals surface area contributed by atoms with Gasteiger partial charge in [-0.2, -0.15) is 0 Å². The van der Waals surface area contributed by atoms with Crippen LogP contribution in [0.2, 0.25) is 0 Å². The minimum absolute atomic E-state index is 0.00242. The number of ketones is 2. The van der Waals surface area contributed by atoms with Gasteiger partial charge in [-0.25, -0.2) is 0 Å². The number of carbonyl (C=O) groups is 2. The van der Waals surface area contributed by atoms with Crippen LogP contribution in [0.1, 0.15) is 99.3 Å². The lowest BCUT2D eigenvalue weighted by atomic mass is 9.46. The molecular weight excluding hydrogens is 463 g/mol. The molecule has 0 saturated heterocycles. The van der Waals surface area contributed by atoms with Crippen LogP contribution in [0.5, 0.6) is 0 Å². The van der Waals surface area contributed by atoms with E-state index in [0.29, 0.717) is 24.7 Å². The molecule has 0 radical (unpaired) electrons. The molecule has 0 aromatic carbocycles. The van der Waals surface area contributed by atoms with Crippen molar-refractivity contribution in [2.45, 2.75) is 117 Å². The van der Waals surface area contributed by atoms with E-state index in [1.807, 2.05) is 6.08 Å². The van der Waals surface area contributed by atoms with E-state index in [2.05, 4.69) is 13.8 Å². The van der Waals surface area contributed by atoms with Crippen molar-refractivity contribution in [2.24, 2.45) is 28.6 Å². The van der Waals surface area contributed by atoms with Crippen molar-refractivity contribution in [3.05, 3.63) is 11.6 Å². The Balaban J connectivity index is 1.51. The van der Waals surface area contributed by atoms with Crippen molar-refractivity contribution in [2.75, 3.05) is 6.16 Å². The van der Waals surface area contributed by atoms with Gasteiger partial charge >= 0.3 is 7.60 Å². The van der Waals surface area contributed by atoms with Gasteiger partial charge in [0.2, 0.25) is 0 Å². The molecule has 3 saturated carbocycles. The lowest BCUT2D eigenvalue weighted by Gasteiger charge is -2.58. The Morgan fingerprint density at radius 2 is 1.66 bits per heavy atom. The van der Waals surface area contributed by atoms with E-state index in [9.17, 15) is 19.3 Å². The zero-order valence-electron chi connectivity index (χ0n) is 22.5. The topological polar surface area (TPSA) is 89.9 Å². The molecule has 3 fully saturated rings. The molecule has 0 aliphatic heterocycles. The van der Waals surface area contributed by atoms with Gasteiger partial charge in [0.15, 0.2) is 11.6 Å². The van der Waals surface area contributed by atoms with E-state index in [1.165, 1.54) is 5.57 Å². The van der Waals surface area contributed by atoms with Crippen LogP contribution in [0.4, 0.5) is 0 Å². The van der Waals surface area contributed by atoms with Crippen LogP contribution < -0.4 is 0 Å². The average molecular weight is 509 g/mol. The lowest BCUT2D eigenvalue weighted by Crippen LogP contribution is -2.57. The number of hydrogen-bond acceptors (Lipinski definition) is 6. The number of rotatable bonds is 8. The van der Waals surface area contributed by atoms with Gasteiger partial charge in [0, 0.05) is 18.3 Å². The van der Waals surface area contributed by atoms with Crippen molar-refractivity contribution in [3.8, 4) is 0 Å². The number of hydrogen-bond donors (Lipinski definition) is 1. The number of allylic oxidation sites excluding steroid dienone is 1. The SMILES string of the molecule is CC(C)OP(=O)(CCC(=O)[C@@]1(O)CC[C@H]2[C@@H]3CCC4=CC(=O)CC[C@]4(C)[C@H]3CC[C@@]21C)OC(C)C. The van der Waals surface area contributed by atoms with Gasteiger partial charge in [0.25, 0.3) is 0 Å². The highest BCUT2D eigenvalue weighted by Crippen LogP contribution is 2.68. The van der Waals surface area contributed by atoms with Crippen LogP contribution >= 0.6 is 7.60 Å². The normalized spacial score (nSPS) is 39.3. The Morgan fingerprint density at radius 3 is 2.29 bits per heavy atom. The van der Waals surface area contributed by atoms with E-state index in [1.54, 1.807) is 27.7 Å². The van der Waals surface area contributed by atoms with Crippen LogP contribution in [0.15, 0.2) is 11.6 Å². The maximum atomic E-state index is 13.6. The van der Waals surface area contributed by atoms with Crippen LogP contribution in [0.3, 0.4) is 0 Å². The number of fused-ring (bicyclic) bond motifs is 5. The largest absolute Gasteiger partial charge is 0.381 e. The molecule has 0 heterocycles. The third-order valence-corrected chi connectivity index (χ3v) is 12.2. The summed E-state index contributed by atoms with van der Waals surface area (Å²) in [7, 11) is -3.43. The first kappa shape index (κ1) is 27.2. The highest BCUT2D eigenvalue weighted by atomic mass is 31.2. The summed E-state index contributed by atoms with van der Waals surface area (Å²) in [6, 6.07) is 0. The van der Waals surface area contributed by atoms with E-state index >= 15 is 0 Å². The van der Waals surface area contributed by atoms with E-state index in [4.69, 9.17) is 9.05 Å². The average Bonchev–Trinajstić information content (AvgIpc) is 3.03. The summed E-state index contributed by atoms with van der Waals surface area (Å²) < 4.78 is 24.6. The third kappa shape index (κ3) is 4.67. The highest BCUT2D eigenvalue weighted by Gasteiger charge is 2.66. The monoisotopic (exact) mass is 508 g/mol. The second-order valence-corrected chi connectivity index (χ2v) is 14.7. The summed E-state index contributed by atoms with van der Waals surface area (Å²) in [6.07, 6.45) is 7.98. The molecular formula is C28H45O6P. The summed E-state index contributed by atoms with van der Waals surface area (Å²) >= 11 is 0. The smallest absolute Gasteiger partial charge is 0.331 e. The van der Waals surface area contributed by atoms with Gasteiger partial charge in [-0.15, -0.1) is 0 Å². The third-order valence-electron chi connectivity index (χ3n) is 9.93. The van der Waals surface area contributed by atoms with Gasteiger partial charge in [-0.1, -0.05) is 19.4 Å². The Labute approximate surface area is 211 Å². The molecule has 4 aliphatic carbocycles. The summed E-state index contributed by atoms with van der Waals surface area (Å²) in [6.45, 7) is 11.7. The Morgan fingerprint density at radius 1 is 1.03 bits per heavy atom. The molecule has 4 rings (SSSR count). The quantitative estimate of drug-likeness (QED) is 0.390. The van der Waals surface area contributed by atoms with Crippen LogP contribution in [-0.4, -0.2) is 40.6 Å². The molecule has 0 aromatic heterocycles. The van der Waals surface area contributed by atoms with Gasteiger partial charge in [-0.05, 0) is 102 Å². The molecule has 4 aliphatic rings. The van der Waals surface area contributed by atoms with E-state index < -0.39 is 18.6 Å². The maximum Gasteiger partial charge on any atom is 0.331 e. The molecule has 6 nitrogen and oxygen atoms in total. The van der Waals surface area contributed by atoms with Crippen molar-refractivity contribution in [3.63, 3.8) is 0 Å². The first-order valence-electron chi connectivity index (χ1n) is 13.7. The maximum absolute atomic E-state index is 13.6. The van der Waals surface area contributed by atoms with Gasteiger partial charge in [0.05, 0.1) is 18.4 Å². The van der Waals surface area contributed by atoms with Gasteiger partial charge < -0.3 is 14.2 Å². The summed E-state index contributed by atoms with van der Waals surface area (Å²) in [4.78, 5) is 25.7. The van der Waals surface area contributed by atoms with Gasteiger partial charge in [0.1, 0.15) is 5.60 Å². The van der Waals surface area contributed by atoms with Crippen LogP contribution in [-0.2, 0) is 23.2 Å². The first-order valence-corrected chi connectivity index (χ1v) is 15.4. The molecule has 0 spiro atoms. The number of aliphatic hydroxyl groups is 1. The molecule has 7 heteroatoms. The lowest BCUT2D eigenvalue weighted by molar-refractivity contribution is -0.162. The van der Waals surface area contributed by atoms with Crippen molar-refractivity contribution >= 4 is 19.2 Å². The molecule has 35 heavy (non-hydrogen) atoms. The van der Waals surface area contributed by atoms with E-state index in [-0.39, 0.29) is 47.7 Å².